The van der Waals surface area contributed by atoms with E-state index < -0.39 is 6.10 Å². The molecule has 0 spiro atoms. The summed E-state index contributed by atoms with van der Waals surface area (Å²) in [6.45, 7) is 1.61. The van der Waals surface area contributed by atoms with Crippen LogP contribution >= 0.6 is 0 Å². The number of benzene rings is 1. The fourth-order valence-electron chi connectivity index (χ4n) is 1.71. The van der Waals surface area contributed by atoms with Crippen molar-refractivity contribution in [2.24, 2.45) is 0 Å². The lowest BCUT2D eigenvalue weighted by molar-refractivity contribution is -0.122. The molecule has 1 heterocycles. The van der Waals surface area contributed by atoms with Crippen LogP contribution in [0.4, 0.5) is 11.4 Å². The second-order valence-corrected chi connectivity index (χ2v) is 4.17. The normalized spacial score (nSPS) is 15.1. The molecule has 1 unspecified atom stereocenters. The van der Waals surface area contributed by atoms with Gasteiger partial charge in [-0.15, -0.1) is 0 Å². The van der Waals surface area contributed by atoms with E-state index in [4.69, 9.17) is 20.5 Å². The van der Waals surface area contributed by atoms with Gasteiger partial charge in [0.2, 0.25) is 0 Å². The predicted molar refractivity (Wildman–Crippen MR) is 72.6 cm³/mol. The van der Waals surface area contributed by atoms with Crippen molar-refractivity contribution in [1.29, 1.82) is 15.8 Å². The van der Waals surface area contributed by atoms with Gasteiger partial charge in [0, 0.05) is 11.8 Å². The molecule has 2 rings (SSSR count). The fourth-order valence-corrected chi connectivity index (χ4v) is 1.71. The van der Waals surface area contributed by atoms with E-state index in [2.05, 4.69) is 10.6 Å². The van der Waals surface area contributed by atoms with Crippen LogP contribution in [-0.2, 0) is 4.79 Å². The molecule has 102 valence electrons. The Hall–Kier alpha value is -3.50. The van der Waals surface area contributed by atoms with E-state index in [1.165, 1.54) is 0 Å². The summed E-state index contributed by atoms with van der Waals surface area (Å²) >= 11 is 0. The van der Waals surface area contributed by atoms with Crippen molar-refractivity contribution in [3.05, 3.63) is 29.5 Å². The number of allylic oxidation sites excluding steroid dienone is 2. The van der Waals surface area contributed by atoms with Crippen LogP contribution in [0.3, 0.4) is 0 Å². The Kier molecular flexibility index (Phi) is 3.74. The maximum atomic E-state index is 11.5. The predicted octanol–water partition coefficient (Wildman–Crippen LogP) is 1.64. The summed E-state index contributed by atoms with van der Waals surface area (Å²) in [5.74, 6) is 0.205. The highest BCUT2D eigenvalue weighted by Crippen LogP contribution is 2.32. The Labute approximate surface area is 120 Å². The second kappa shape index (κ2) is 5.64. The minimum Gasteiger partial charge on any atom is -0.479 e. The minimum atomic E-state index is -0.618. The quantitative estimate of drug-likeness (QED) is 0.793. The number of carbonyl (C=O) groups excluding carboxylic acids is 1. The molecule has 21 heavy (non-hydrogen) atoms. The zero-order valence-electron chi connectivity index (χ0n) is 11.0. The van der Waals surface area contributed by atoms with Crippen LogP contribution in [0.15, 0.2) is 29.5 Å². The van der Waals surface area contributed by atoms with Crippen molar-refractivity contribution in [3.63, 3.8) is 0 Å². The highest BCUT2D eigenvalue weighted by atomic mass is 16.5. The summed E-state index contributed by atoms with van der Waals surface area (Å²) in [7, 11) is 0. The van der Waals surface area contributed by atoms with Gasteiger partial charge >= 0.3 is 0 Å². The van der Waals surface area contributed by atoms with Crippen molar-refractivity contribution < 1.29 is 9.53 Å². The van der Waals surface area contributed by atoms with Crippen molar-refractivity contribution in [3.8, 4) is 24.0 Å². The van der Waals surface area contributed by atoms with E-state index >= 15 is 0 Å². The van der Waals surface area contributed by atoms with Gasteiger partial charge < -0.3 is 15.4 Å². The number of amides is 1. The summed E-state index contributed by atoms with van der Waals surface area (Å²) in [6.07, 6.45) is -0.618. The third kappa shape index (κ3) is 2.75. The number of nitrogens with one attached hydrogen (secondary N) is 2. The highest BCUT2D eigenvalue weighted by Gasteiger charge is 2.23. The van der Waals surface area contributed by atoms with Crippen LogP contribution in [0.5, 0.6) is 5.75 Å². The molecule has 1 aliphatic heterocycles. The second-order valence-electron chi connectivity index (χ2n) is 4.17. The molecule has 1 aromatic rings. The molecule has 7 nitrogen and oxygen atoms in total. The Balaban J connectivity index is 2.33. The lowest BCUT2D eigenvalue weighted by Gasteiger charge is -2.23. The first-order valence-corrected chi connectivity index (χ1v) is 5.92. The van der Waals surface area contributed by atoms with Gasteiger partial charge in [-0.1, -0.05) is 0 Å². The first kappa shape index (κ1) is 13.9. The van der Waals surface area contributed by atoms with Gasteiger partial charge in [-0.05, 0) is 19.1 Å². The van der Waals surface area contributed by atoms with Gasteiger partial charge in [-0.3, -0.25) is 4.79 Å². The van der Waals surface area contributed by atoms with Crippen LogP contribution < -0.4 is 15.4 Å². The topological polar surface area (TPSA) is 122 Å². The molecule has 0 aliphatic carbocycles. The number of carbonyl (C=O) groups is 1. The van der Waals surface area contributed by atoms with E-state index in [9.17, 15) is 4.79 Å². The van der Waals surface area contributed by atoms with Crippen LogP contribution in [-0.4, -0.2) is 12.0 Å². The third-order valence-corrected chi connectivity index (χ3v) is 2.77. The molecule has 0 bridgehead atoms. The first-order chi connectivity index (χ1) is 10.1. The van der Waals surface area contributed by atoms with Gasteiger partial charge in [-0.25, -0.2) is 0 Å². The molecule has 1 atom stereocenters. The zero-order valence-corrected chi connectivity index (χ0v) is 11.0. The van der Waals surface area contributed by atoms with E-state index in [-0.39, 0.29) is 17.2 Å². The Morgan fingerprint density at radius 1 is 1.29 bits per heavy atom. The number of fused-ring (bicyclic) bond motifs is 1. The van der Waals surface area contributed by atoms with Gasteiger partial charge in [0.15, 0.2) is 11.7 Å². The average Bonchev–Trinajstić information content (AvgIpc) is 2.48. The average molecular weight is 279 g/mol. The van der Waals surface area contributed by atoms with Crippen LogP contribution in [0.2, 0.25) is 0 Å². The molecule has 1 aliphatic rings. The number of ether oxygens (including phenoxy) is 1. The molecular formula is C14H9N5O2. The van der Waals surface area contributed by atoms with Gasteiger partial charge in [0.05, 0.1) is 5.69 Å². The fraction of sp³-hybridized carbons (Fsp3) is 0.143. The number of hydrogen-bond acceptors (Lipinski definition) is 6. The van der Waals surface area contributed by atoms with E-state index in [1.54, 1.807) is 43.3 Å². The smallest absolute Gasteiger partial charge is 0.265 e. The monoisotopic (exact) mass is 279 g/mol. The lowest BCUT2D eigenvalue weighted by Crippen LogP contribution is -2.34. The molecule has 0 saturated carbocycles. The van der Waals surface area contributed by atoms with Crippen LogP contribution in [0.1, 0.15) is 6.92 Å². The third-order valence-electron chi connectivity index (χ3n) is 2.77. The van der Waals surface area contributed by atoms with Gasteiger partial charge in [0.1, 0.15) is 29.7 Å². The van der Waals surface area contributed by atoms with Gasteiger partial charge in [-0.2, -0.15) is 15.8 Å². The molecule has 1 amide bonds. The maximum Gasteiger partial charge on any atom is 0.265 e. The molecule has 2 N–H and O–H groups in total. The molecule has 0 saturated heterocycles. The number of rotatable bonds is 2. The summed E-state index contributed by atoms with van der Waals surface area (Å²) in [5.41, 5.74) is 0.536. The molecule has 7 heteroatoms. The summed E-state index contributed by atoms with van der Waals surface area (Å²) in [4.78, 5) is 11.5. The maximum absolute atomic E-state index is 11.5. The summed E-state index contributed by atoms with van der Waals surface area (Å²) in [5, 5.41) is 31.9. The molecule has 0 fully saturated rings. The van der Waals surface area contributed by atoms with E-state index in [0.29, 0.717) is 17.1 Å². The molecule has 0 radical (unpaired) electrons. The van der Waals surface area contributed by atoms with E-state index in [1.807, 2.05) is 0 Å². The zero-order chi connectivity index (χ0) is 15.4. The highest BCUT2D eigenvalue weighted by molar-refractivity contribution is 5.97. The Morgan fingerprint density at radius 2 is 2.00 bits per heavy atom. The van der Waals surface area contributed by atoms with E-state index in [0.717, 1.165) is 0 Å². The Morgan fingerprint density at radius 3 is 2.62 bits per heavy atom. The minimum absolute atomic E-state index is 0.146. The molecule has 1 aromatic carbocycles. The SMILES string of the molecule is CC1Oc2cc(NC(C#N)=C(C#N)C#N)ccc2NC1=O. The van der Waals surface area contributed by atoms with Crippen LogP contribution in [0.25, 0.3) is 0 Å². The molecular weight excluding hydrogens is 270 g/mol. The van der Waals surface area contributed by atoms with Crippen LogP contribution in [0, 0.1) is 34.0 Å². The van der Waals surface area contributed by atoms with Crippen molar-refractivity contribution >= 4 is 17.3 Å². The largest absolute Gasteiger partial charge is 0.479 e. The van der Waals surface area contributed by atoms with Crippen molar-refractivity contribution in [2.45, 2.75) is 13.0 Å². The number of anilines is 2. The summed E-state index contributed by atoms with van der Waals surface area (Å²) < 4.78 is 5.43. The van der Waals surface area contributed by atoms with Crippen molar-refractivity contribution in [1.82, 2.24) is 0 Å². The Bertz CT molecular complexity index is 745. The first-order valence-electron chi connectivity index (χ1n) is 5.92. The number of nitrogens with zero attached hydrogens (tertiary/aromatic N) is 3. The standard InChI is InChI=1S/C14H9N5O2/c1-8-14(20)19-11-3-2-10(4-13(11)21-8)18-12(7-17)9(5-15)6-16/h2-4,8,18H,1H3,(H,19,20). The summed E-state index contributed by atoms with van der Waals surface area (Å²) in [6, 6.07) is 9.83. The van der Waals surface area contributed by atoms with Crippen molar-refractivity contribution in [2.75, 3.05) is 10.6 Å². The number of hydrogen-bond donors (Lipinski definition) is 2. The number of nitriles is 3. The van der Waals surface area contributed by atoms with Gasteiger partial charge in [0.25, 0.3) is 5.91 Å². The lowest BCUT2D eigenvalue weighted by atomic mass is 10.2. The molecule has 0 aromatic heterocycles.